The van der Waals surface area contributed by atoms with Crippen molar-refractivity contribution < 1.29 is 14.6 Å². The Morgan fingerprint density at radius 2 is 2.38 bits per heavy atom. The zero-order chi connectivity index (χ0) is 10.1. The Morgan fingerprint density at radius 1 is 1.69 bits per heavy atom. The first-order chi connectivity index (χ1) is 6.20. The van der Waals surface area contributed by atoms with Crippen LogP contribution < -0.4 is 5.32 Å². The number of hydrogen-bond acceptors (Lipinski definition) is 3. The van der Waals surface area contributed by atoms with Gasteiger partial charge >= 0.3 is 6.09 Å². The molecule has 0 heterocycles. The Hall–Kier alpha value is -1.29. The van der Waals surface area contributed by atoms with Crippen LogP contribution in [0.5, 0.6) is 0 Å². The predicted octanol–water partition coefficient (Wildman–Crippen LogP) is 0.837. The summed E-state index contributed by atoms with van der Waals surface area (Å²) < 4.78 is 4.38. The van der Waals surface area contributed by atoms with Gasteiger partial charge in [0.15, 0.2) is 0 Å². The molecule has 13 heavy (non-hydrogen) atoms. The Bertz CT molecular complexity index is 199. The molecule has 0 radical (unpaired) electrons. The van der Waals surface area contributed by atoms with Crippen molar-refractivity contribution in [3.05, 3.63) is 24.3 Å². The molecule has 4 heteroatoms. The van der Waals surface area contributed by atoms with Gasteiger partial charge in [-0.15, -0.1) is 0 Å². The molecule has 0 aromatic heterocycles. The van der Waals surface area contributed by atoms with Crippen LogP contribution in [0.1, 0.15) is 6.42 Å². The highest BCUT2D eigenvalue weighted by Gasteiger charge is 1.96. The molecule has 0 aliphatic rings. The fourth-order valence-electron chi connectivity index (χ4n) is 0.700. The summed E-state index contributed by atoms with van der Waals surface area (Å²) in [6.07, 6.45) is 3.52. The number of carbonyl (C=O) groups excluding carboxylic acids is 1. The molecule has 0 saturated carbocycles. The second-order valence-electron chi connectivity index (χ2n) is 2.41. The summed E-state index contributed by atoms with van der Waals surface area (Å²) in [5.41, 5.74) is 0.852. The second-order valence-corrected chi connectivity index (χ2v) is 2.41. The number of allylic oxidation sites excluding steroid dienone is 1. The van der Waals surface area contributed by atoms with Crippen molar-refractivity contribution in [3.63, 3.8) is 0 Å². The third kappa shape index (κ3) is 7.08. The van der Waals surface area contributed by atoms with Crippen LogP contribution in [-0.4, -0.2) is 31.5 Å². The number of amides is 1. The summed E-state index contributed by atoms with van der Waals surface area (Å²) in [4.78, 5) is 10.6. The maximum Gasteiger partial charge on any atom is 0.406 e. The highest BCUT2D eigenvalue weighted by atomic mass is 16.5. The lowest BCUT2D eigenvalue weighted by Gasteiger charge is -2.02. The van der Waals surface area contributed by atoms with Crippen LogP contribution in [0.3, 0.4) is 0 Å². The lowest BCUT2D eigenvalue weighted by Crippen LogP contribution is -2.24. The van der Waals surface area contributed by atoms with Gasteiger partial charge in [0.25, 0.3) is 0 Å². The van der Waals surface area contributed by atoms with Crippen LogP contribution in [0, 0.1) is 0 Å². The third-order valence-corrected chi connectivity index (χ3v) is 1.36. The van der Waals surface area contributed by atoms with Crippen LogP contribution >= 0.6 is 0 Å². The van der Waals surface area contributed by atoms with E-state index in [0.717, 1.165) is 5.57 Å². The fraction of sp³-hybridized carbons (Fsp3) is 0.444. The number of carbonyl (C=O) groups is 1. The Balaban J connectivity index is 3.48. The fourth-order valence-corrected chi connectivity index (χ4v) is 0.700. The van der Waals surface area contributed by atoms with Crippen molar-refractivity contribution in [3.8, 4) is 0 Å². The van der Waals surface area contributed by atoms with Crippen molar-refractivity contribution in [2.75, 3.05) is 20.3 Å². The van der Waals surface area contributed by atoms with Crippen LogP contribution in [-0.2, 0) is 4.74 Å². The summed E-state index contributed by atoms with van der Waals surface area (Å²) in [7, 11) is 1.32. The molecule has 1 amide bonds. The smallest absolute Gasteiger partial charge is 0.406 e. The monoisotopic (exact) mass is 185 g/mol. The summed E-state index contributed by atoms with van der Waals surface area (Å²) >= 11 is 0. The SMILES string of the molecule is C=C(/C=C/CO)CCNC(=O)OC. The molecule has 0 saturated heterocycles. The highest BCUT2D eigenvalue weighted by Crippen LogP contribution is 1.97. The van der Waals surface area contributed by atoms with Crippen molar-refractivity contribution in [1.29, 1.82) is 0 Å². The van der Waals surface area contributed by atoms with Gasteiger partial charge in [-0.2, -0.15) is 0 Å². The Morgan fingerprint density at radius 3 is 2.92 bits per heavy atom. The van der Waals surface area contributed by atoms with E-state index < -0.39 is 6.09 Å². The topological polar surface area (TPSA) is 58.6 Å². The number of aliphatic hydroxyl groups is 1. The van der Waals surface area contributed by atoms with E-state index in [2.05, 4.69) is 16.6 Å². The second kappa shape index (κ2) is 7.36. The van der Waals surface area contributed by atoms with E-state index in [1.54, 1.807) is 12.2 Å². The number of aliphatic hydroxyl groups excluding tert-OH is 1. The van der Waals surface area contributed by atoms with Gasteiger partial charge in [0.05, 0.1) is 13.7 Å². The van der Waals surface area contributed by atoms with Gasteiger partial charge in [0.2, 0.25) is 0 Å². The number of hydrogen-bond donors (Lipinski definition) is 2. The molecule has 0 aliphatic heterocycles. The first kappa shape index (κ1) is 11.7. The maximum atomic E-state index is 10.6. The molecular formula is C9H15NO3. The van der Waals surface area contributed by atoms with Crippen molar-refractivity contribution >= 4 is 6.09 Å². The average molecular weight is 185 g/mol. The number of nitrogens with one attached hydrogen (secondary N) is 1. The summed E-state index contributed by atoms with van der Waals surface area (Å²) in [6.45, 7) is 4.22. The number of ether oxygens (including phenoxy) is 1. The minimum absolute atomic E-state index is 0.00342. The molecule has 0 aliphatic carbocycles. The zero-order valence-electron chi connectivity index (χ0n) is 7.75. The lowest BCUT2D eigenvalue weighted by molar-refractivity contribution is 0.171. The number of rotatable bonds is 5. The molecule has 0 bridgehead atoms. The van der Waals surface area contributed by atoms with Gasteiger partial charge in [-0.25, -0.2) is 4.79 Å². The summed E-state index contributed by atoms with van der Waals surface area (Å²) in [6, 6.07) is 0. The van der Waals surface area contributed by atoms with E-state index in [0.29, 0.717) is 13.0 Å². The standard InChI is InChI=1S/C9H15NO3/c1-8(4-3-7-11)5-6-10-9(12)13-2/h3-4,11H,1,5-7H2,2H3,(H,10,12)/b4-3+. The molecule has 0 aromatic carbocycles. The van der Waals surface area contributed by atoms with E-state index in [4.69, 9.17) is 5.11 Å². The molecule has 0 fully saturated rings. The van der Waals surface area contributed by atoms with Crippen molar-refractivity contribution in [1.82, 2.24) is 5.32 Å². The first-order valence-corrected chi connectivity index (χ1v) is 3.97. The quantitative estimate of drug-likeness (QED) is 0.624. The van der Waals surface area contributed by atoms with E-state index >= 15 is 0 Å². The van der Waals surface area contributed by atoms with Crippen LogP contribution in [0.4, 0.5) is 4.79 Å². The van der Waals surface area contributed by atoms with Crippen molar-refractivity contribution in [2.24, 2.45) is 0 Å². The molecule has 2 N–H and O–H groups in total. The van der Waals surface area contributed by atoms with E-state index in [1.165, 1.54) is 7.11 Å². The minimum atomic E-state index is -0.445. The Kier molecular flexibility index (Phi) is 6.63. The zero-order valence-corrected chi connectivity index (χ0v) is 7.75. The number of alkyl carbamates (subject to hydrolysis) is 1. The van der Waals surface area contributed by atoms with E-state index in [1.807, 2.05) is 0 Å². The molecule has 0 spiro atoms. The third-order valence-electron chi connectivity index (χ3n) is 1.36. The van der Waals surface area contributed by atoms with Crippen LogP contribution in [0.2, 0.25) is 0 Å². The molecule has 0 atom stereocenters. The molecule has 0 unspecified atom stereocenters. The molecule has 0 rings (SSSR count). The average Bonchev–Trinajstić information content (AvgIpc) is 2.14. The molecular weight excluding hydrogens is 170 g/mol. The van der Waals surface area contributed by atoms with Crippen molar-refractivity contribution in [2.45, 2.75) is 6.42 Å². The Labute approximate surface area is 77.9 Å². The maximum absolute atomic E-state index is 10.6. The van der Waals surface area contributed by atoms with E-state index in [9.17, 15) is 4.79 Å². The van der Waals surface area contributed by atoms with Crippen LogP contribution in [0.15, 0.2) is 24.3 Å². The van der Waals surface area contributed by atoms with E-state index in [-0.39, 0.29) is 6.61 Å². The number of methoxy groups -OCH3 is 1. The van der Waals surface area contributed by atoms with Gasteiger partial charge in [0, 0.05) is 6.54 Å². The van der Waals surface area contributed by atoms with Gasteiger partial charge in [-0.1, -0.05) is 24.3 Å². The van der Waals surface area contributed by atoms with Gasteiger partial charge < -0.3 is 15.2 Å². The van der Waals surface area contributed by atoms with Gasteiger partial charge in [-0.05, 0) is 6.42 Å². The molecule has 74 valence electrons. The lowest BCUT2D eigenvalue weighted by atomic mass is 10.2. The predicted molar refractivity (Wildman–Crippen MR) is 50.4 cm³/mol. The summed E-state index contributed by atoms with van der Waals surface area (Å²) in [5.74, 6) is 0. The largest absolute Gasteiger partial charge is 0.453 e. The summed E-state index contributed by atoms with van der Waals surface area (Å²) in [5, 5.41) is 11.0. The molecule has 4 nitrogen and oxygen atoms in total. The minimum Gasteiger partial charge on any atom is -0.453 e. The first-order valence-electron chi connectivity index (χ1n) is 3.97. The van der Waals surface area contributed by atoms with Gasteiger partial charge in [0.1, 0.15) is 0 Å². The van der Waals surface area contributed by atoms with Crippen LogP contribution in [0.25, 0.3) is 0 Å². The highest BCUT2D eigenvalue weighted by molar-refractivity contribution is 5.66. The molecule has 0 aromatic rings. The normalized spacial score (nSPS) is 10.0. The van der Waals surface area contributed by atoms with Gasteiger partial charge in [-0.3, -0.25) is 0 Å².